The molecule has 0 aromatic carbocycles. The topological polar surface area (TPSA) is 28.2 Å². The predicted molar refractivity (Wildman–Crippen MR) is 88.9 cm³/mol. The van der Waals surface area contributed by atoms with Gasteiger partial charge < -0.3 is 10.2 Å². The largest absolute Gasteiger partial charge is 0.351 e. The summed E-state index contributed by atoms with van der Waals surface area (Å²) >= 11 is 1.90. The molecule has 1 fully saturated rings. The molecule has 0 amide bonds. The fourth-order valence-corrected chi connectivity index (χ4v) is 3.49. The Bertz CT molecular complexity index is 398. The van der Waals surface area contributed by atoms with E-state index < -0.39 is 0 Å². The molecule has 1 aliphatic rings. The number of rotatable bonds is 10. The zero-order valence-electron chi connectivity index (χ0n) is 13.2. The first-order chi connectivity index (χ1) is 9.76. The molecule has 1 aliphatic carbocycles. The maximum absolute atomic E-state index is 4.93. The molecule has 0 saturated heterocycles. The Balaban J connectivity index is 1.96. The Kier molecular flexibility index (Phi) is 6.30. The molecular weight excluding hydrogens is 266 g/mol. The van der Waals surface area contributed by atoms with E-state index in [-0.39, 0.29) is 0 Å². The van der Waals surface area contributed by atoms with Crippen LogP contribution in [-0.2, 0) is 6.54 Å². The maximum atomic E-state index is 4.93. The summed E-state index contributed by atoms with van der Waals surface area (Å²) in [6.45, 7) is 7.71. The van der Waals surface area contributed by atoms with Crippen molar-refractivity contribution in [1.29, 1.82) is 0 Å². The lowest BCUT2D eigenvalue weighted by Gasteiger charge is -2.14. The highest BCUT2D eigenvalue weighted by Crippen LogP contribution is 2.44. The van der Waals surface area contributed by atoms with Gasteiger partial charge in [0, 0.05) is 30.9 Å². The SMILES string of the molecule is CCCCCN(C)c1nc(C2CC2)c(CNCCC)s1. The standard InChI is InChI=1S/C16H29N3S/c1-4-6-7-11-19(3)16-18-15(13-8-9-13)14(20-16)12-17-10-5-2/h13,17H,4-12H2,1-3H3. The number of unbranched alkanes of at least 4 members (excludes halogenated alkanes) is 2. The smallest absolute Gasteiger partial charge is 0.185 e. The van der Waals surface area contributed by atoms with Crippen LogP contribution >= 0.6 is 11.3 Å². The average Bonchev–Trinajstić information content (AvgIpc) is 3.20. The van der Waals surface area contributed by atoms with Gasteiger partial charge in [-0.25, -0.2) is 4.98 Å². The van der Waals surface area contributed by atoms with Crippen LogP contribution in [0.1, 0.15) is 68.9 Å². The van der Waals surface area contributed by atoms with Crippen molar-refractivity contribution in [2.75, 3.05) is 25.0 Å². The van der Waals surface area contributed by atoms with Crippen molar-refractivity contribution in [3.05, 3.63) is 10.6 Å². The minimum atomic E-state index is 0.752. The summed E-state index contributed by atoms with van der Waals surface area (Å²) in [6.07, 6.45) is 7.74. The summed E-state index contributed by atoms with van der Waals surface area (Å²) in [6, 6.07) is 0. The molecule has 1 aromatic rings. The second kappa shape index (κ2) is 7.99. The fraction of sp³-hybridized carbons (Fsp3) is 0.812. The van der Waals surface area contributed by atoms with Gasteiger partial charge >= 0.3 is 0 Å². The van der Waals surface area contributed by atoms with Crippen molar-refractivity contribution in [1.82, 2.24) is 10.3 Å². The Morgan fingerprint density at radius 2 is 2.05 bits per heavy atom. The van der Waals surface area contributed by atoms with Gasteiger partial charge in [-0.05, 0) is 32.2 Å². The molecule has 0 atom stereocenters. The highest BCUT2D eigenvalue weighted by Gasteiger charge is 2.29. The zero-order valence-corrected chi connectivity index (χ0v) is 14.1. The van der Waals surface area contributed by atoms with E-state index >= 15 is 0 Å². The maximum Gasteiger partial charge on any atom is 0.185 e. The van der Waals surface area contributed by atoms with Gasteiger partial charge in [-0.1, -0.05) is 26.7 Å². The van der Waals surface area contributed by atoms with Gasteiger partial charge in [0.2, 0.25) is 0 Å². The van der Waals surface area contributed by atoms with Gasteiger partial charge in [-0.2, -0.15) is 0 Å². The van der Waals surface area contributed by atoms with Gasteiger partial charge in [0.1, 0.15) is 0 Å². The summed E-state index contributed by atoms with van der Waals surface area (Å²) in [5.41, 5.74) is 1.39. The monoisotopic (exact) mass is 295 g/mol. The lowest BCUT2D eigenvalue weighted by atomic mass is 10.2. The van der Waals surface area contributed by atoms with E-state index in [1.807, 2.05) is 11.3 Å². The van der Waals surface area contributed by atoms with E-state index in [4.69, 9.17) is 4.98 Å². The van der Waals surface area contributed by atoms with E-state index in [0.717, 1.165) is 25.6 Å². The molecule has 0 radical (unpaired) electrons. The Hall–Kier alpha value is -0.610. The highest BCUT2D eigenvalue weighted by molar-refractivity contribution is 7.15. The van der Waals surface area contributed by atoms with Crippen molar-refractivity contribution < 1.29 is 0 Å². The Morgan fingerprint density at radius 1 is 1.25 bits per heavy atom. The lowest BCUT2D eigenvalue weighted by Crippen LogP contribution is -2.18. The third-order valence-corrected chi connectivity index (χ3v) is 5.00. The van der Waals surface area contributed by atoms with E-state index in [0.29, 0.717) is 0 Å². The first-order valence-electron chi connectivity index (χ1n) is 8.17. The highest BCUT2D eigenvalue weighted by atomic mass is 32.1. The van der Waals surface area contributed by atoms with E-state index in [2.05, 4.69) is 31.1 Å². The van der Waals surface area contributed by atoms with Crippen LogP contribution in [0.2, 0.25) is 0 Å². The summed E-state index contributed by atoms with van der Waals surface area (Å²) in [7, 11) is 2.19. The van der Waals surface area contributed by atoms with Crippen molar-refractivity contribution in [3.63, 3.8) is 0 Å². The number of nitrogens with zero attached hydrogens (tertiary/aromatic N) is 2. The molecule has 4 heteroatoms. The molecule has 0 unspecified atom stereocenters. The van der Waals surface area contributed by atoms with Crippen LogP contribution in [-0.4, -0.2) is 25.1 Å². The quantitative estimate of drug-likeness (QED) is 0.657. The van der Waals surface area contributed by atoms with Gasteiger partial charge in [-0.3, -0.25) is 0 Å². The van der Waals surface area contributed by atoms with Crippen LogP contribution in [0.4, 0.5) is 5.13 Å². The van der Waals surface area contributed by atoms with Gasteiger partial charge in [0.15, 0.2) is 5.13 Å². The van der Waals surface area contributed by atoms with Crippen LogP contribution in [0.5, 0.6) is 0 Å². The number of hydrogen-bond acceptors (Lipinski definition) is 4. The molecule has 1 N–H and O–H groups in total. The Morgan fingerprint density at radius 3 is 2.70 bits per heavy atom. The summed E-state index contributed by atoms with van der Waals surface area (Å²) in [4.78, 5) is 8.75. The van der Waals surface area contributed by atoms with Crippen LogP contribution in [0.15, 0.2) is 0 Å². The van der Waals surface area contributed by atoms with Crippen molar-refractivity contribution >= 4 is 16.5 Å². The van der Waals surface area contributed by atoms with Crippen molar-refractivity contribution in [2.45, 2.75) is 64.8 Å². The third kappa shape index (κ3) is 4.45. The lowest BCUT2D eigenvalue weighted by molar-refractivity contribution is 0.676. The van der Waals surface area contributed by atoms with Crippen molar-refractivity contribution in [2.24, 2.45) is 0 Å². The first-order valence-corrected chi connectivity index (χ1v) is 8.99. The van der Waals surface area contributed by atoms with Gasteiger partial charge in [0.05, 0.1) is 5.69 Å². The van der Waals surface area contributed by atoms with Crippen LogP contribution in [0, 0.1) is 0 Å². The molecule has 1 heterocycles. The molecular formula is C16H29N3S. The van der Waals surface area contributed by atoms with Crippen LogP contribution in [0.3, 0.4) is 0 Å². The van der Waals surface area contributed by atoms with Crippen LogP contribution in [0.25, 0.3) is 0 Å². The van der Waals surface area contributed by atoms with E-state index in [1.165, 1.54) is 54.2 Å². The van der Waals surface area contributed by atoms with Crippen LogP contribution < -0.4 is 10.2 Å². The van der Waals surface area contributed by atoms with E-state index in [9.17, 15) is 0 Å². The normalized spacial score (nSPS) is 14.8. The van der Waals surface area contributed by atoms with E-state index in [1.54, 1.807) is 0 Å². The zero-order chi connectivity index (χ0) is 14.4. The second-order valence-corrected chi connectivity index (χ2v) is 6.95. The molecule has 0 spiro atoms. The molecule has 114 valence electrons. The summed E-state index contributed by atoms with van der Waals surface area (Å²) in [5, 5.41) is 4.75. The van der Waals surface area contributed by atoms with Crippen molar-refractivity contribution in [3.8, 4) is 0 Å². The Labute approximate surface area is 127 Å². The number of anilines is 1. The number of thiazole rings is 1. The average molecular weight is 295 g/mol. The number of nitrogens with one attached hydrogen (secondary N) is 1. The molecule has 1 saturated carbocycles. The molecule has 0 bridgehead atoms. The summed E-state index contributed by atoms with van der Waals surface area (Å²) < 4.78 is 0. The molecule has 1 aromatic heterocycles. The molecule has 2 rings (SSSR count). The first kappa shape index (κ1) is 15.8. The second-order valence-electron chi connectivity index (χ2n) is 5.88. The fourth-order valence-electron chi connectivity index (χ4n) is 2.39. The molecule has 0 aliphatic heterocycles. The minimum Gasteiger partial charge on any atom is -0.351 e. The molecule has 3 nitrogen and oxygen atoms in total. The van der Waals surface area contributed by atoms with Gasteiger partial charge in [0.25, 0.3) is 0 Å². The predicted octanol–water partition coefficient (Wildman–Crippen LogP) is 4.15. The number of aromatic nitrogens is 1. The summed E-state index contributed by atoms with van der Waals surface area (Å²) in [5.74, 6) is 0.752. The third-order valence-electron chi connectivity index (χ3n) is 3.82. The minimum absolute atomic E-state index is 0.752. The molecule has 20 heavy (non-hydrogen) atoms. The van der Waals surface area contributed by atoms with Gasteiger partial charge in [-0.15, -0.1) is 11.3 Å². The number of hydrogen-bond donors (Lipinski definition) is 1.